The van der Waals surface area contributed by atoms with Crippen LogP contribution in [0, 0.1) is 0 Å². The fraction of sp³-hybridized carbons (Fsp3) is 0.182. The molecule has 6 nitrogen and oxygen atoms in total. The Kier molecular flexibility index (Phi) is 4.84. The van der Waals surface area contributed by atoms with E-state index < -0.39 is 10.0 Å². The van der Waals surface area contributed by atoms with Crippen LogP contribution in [0.4, 0.5) is 10.8 Å². The Hall–Kier alpha value is -1.32. The lowest BCUT2D eigenvalue weighted by molar-refractivity contribution is 0.341. The Morgan fingerprint density at radius 3 is 2.90 bits per heavy atom. The number of sulfonamides is 1. The largest absolute Gasteiger partial charge is 0.492 e. The zero-order chi connectivity index (χ0) is 14.6. The summed E-state index contributed by atoms with van der Waals surface area (Å²) in [7, 11) is -3.48. The molecular weight excluding hydrogens is 366 g/mol. The molecule has 0 aliphatic carbocycles. The molecule has 2 aromatic rings. The summed E-state index contributed by atoms with van der Waals surface area (Å²) in [5.74, 6) is 0.371. The van der Waals surface area contributed by atoms with Crippen molar-refractivity contribution in [2.45, 2.75) is 0 Å². The van der Waals surface area contributed by atoms with Crippen molar-refractivity contribution in [2.24, 2.45) is 0 Å². The van der Waals surface area contributed by atoms with Crippen LogP contribution >= 0.6 is 27.3 Å². The summed E-state index contributed by atoms with van der Waals surface area (Å²) in [5, 5.41) is 0.320. The molecule has 108 valence electrons. The molecule has 9 heteroatoms. The van der Waals surface area contributed by atoms with Crippen molar-refractivity contribution in [2.75, 3.05) is 22.8 Å². The first-order valence-electron chi connectivity index (χ1n) is 5.55. The molecule has 3 N–H and O–H groups in total. The molecule has 2 rings (SSSR count). The second kappa shape index (κ2) is 6.42. The van der Waals surface area contributed by atoms with E-state index in [0.29, 0.717) is 16.6 Å². The predicted octanol–water partition coefficient (Wildman–Crippen LogP) is 2.31. The van der Waals surface area contributed by atoms with E-state index in [2.05, 4.69) is 25.6 Å². The number of nitrogens with zero attached hydrogens (tertiary/aromatic N) is 1. The van der Waals surface area contributed by atoms with Crippen LogP contribution in [0.5, 0.6) is 5.75 Å². The highest BCUT2D eigenvalue weighted by molar-refractivity contribution is 9.11. The van der Waals surface area contributed by atoms with E-state index in [1.807, 2.05) is 0 Å². The Balaban J connectivity index is 1.86. The van der Waals surface area contributed by atoms with Crippen LogP contribution in [0.1, 0.15) is 0 Å². The van der Waals surface area contributed by atoms with Crippen molar-refractivity contribution in [3.63, 3.8) is 0 Å². The van der Waals surface area contributed by atoms with Gasteiger partial charge in [0.1, 0.15) is 18.1 Å². The van der Waals surface area contributed by atoms with E-state index in [9.17, 15) is 8.42 Å². The van der Waals surface area contributed by atoms with Gasteiger partial charge in [-0.05, 0) is 28.1 Å². The fourth-order valence-electron chi connectivity index (χ4n) is 1.36. The minimum absolute atomic E-state index is 0.0331. The molecule has 0 spiro atoms. The highest BCUT2D eigenvalue weighted by Gasteiger charge is 2.13. The summed E-state index contributed by atoms with van der Waals surface area (Å²) in [6.45, 7) is 0.0331. The summed E-state index contributed by atoms with van der Waals surface area (Å²) in [6.07, 6.45) is 1.53. The van der Waals surface area contributed by atoms with Gasteiger partial charge in [0.25, 0.3) is 0 Å². The molecule has 0 atom stereocenters. The van der Waals surface area contributed by atoms with Crippen LogP contribution in [0.2, 0.25) is 0 Å². The van der Waals surface area contributed by atoms with Gasteiger partial charge in [-0.15, -0.1) is 0 Å². The zero-order valence-corrected chi connectivity index (χ0v) is 13.5. The molecule has 1 aromatic carbocycles. The van der Waals surface area contributed by atoms with Gasteiger partial charge in [0, 0.05) is 11.8 Å². The normalized spacial score (nSPS) is 11.2. The number of benzene rings is 1. The number of nitrogen functional groups attached to an aromatic ring is 1. The number of hydrogen-bond acceptors (Lipinski definition) is 6. The highest BCUT2D eigenvalue weighted by Crippen LogP contribution is 2.24. The Morgan fingerprint density at radius 2 is 2.25 bits per heavy atom. The Labute approximate surface area is 129 Å². The standard InChI is InChI=1S/C11H12BrN3O3S2/c12-10-7-14-11(19-10)15-20(16,17)5-4-18-9-3-1-2-8(13)6-9/h1-3,6-7H,4-5,13H2,(H,14,15). The first-order valence-corrected chi connectivity index (χ1v) is 8.81. The molecule has 0 radical (unpaired) electrons. The summed E-state index contributed by atoms with van der Waals surface area (Å²) in [6, 6.07) is 6.82. The molecule has 0 fully saturated rings. The minimum atomic E-state index is -3.48. The minimum Gasteiger partial charge on any atom is -0.492 e. The quantitative estimate of drug-likeness (QED) is 0.753. The first-order chi connectivity index (χ1) is 9.44. The third kappa shape index (κ3) is 4.66. The molecule has 0 unspecified atom stereocenters. The molecule has 0 amide bonds. The van der Waals surface area contributed by atoms with Gasteiger partial charge in [-0.1, -0.05) is 17.4 Å². The van der Waals surface area contributed by atoms with Gasteiger partial charge >= 0.3 is 0 Å². The molecule has 1 aromatic heterocycles. The van der Waals surface area contributed by atoms with E-state index in [1.165, 1.54) is 17.5 Å². The predicted molar refractivity (Wildman–Crippen MR) is 83.6 cm³/mol. The van der Waals surface area contributed by atoms with Gasteiger partial charge in [0.15, 0.2) is 5.13 Å². The third-order valence-corrected chi connectivity index (χ3v) is 4.93. The van der Waals surface area contributed by atoms with Gasteiger partial charge < -0.3 is 10.5 Å². The number of nitrogens with one attached hydrogen (secondary N) is 1. The van der Waals surface area contributed by atoms with Crippen molar-refractivity contribution in [1.29, 1.82) is 0 Å². The molecule has 0 saturated carbocycles. The highest BCUT2D eigenvalue weighted by atomic mass is 79.9. The molecule has 0 aliphatic rings. The average molecular weight is 378 g/mol. The number of nitrogens with two attached hydrogens (primary N) is 1. The van der Waals surface area contributed by atoms with Crippen molar-refractivity contribution < 1.29 is 13.2 Å². The number of anilines is 2. The smallest absolute Gasteiger partial charge is 0.237 e. The number of ether oxygens (including phenoxy) is 1. The van der Waals surface area contributed by atoms with Crippen LogP contribution in [-0.4, -0.2) is 25.8 Å². The summed E-state index contributed by atoms with van der Waals surface area (Å²) in [5.41, 5.74) is 6.16. The van der Waals surface area contributed by atoms with Crippen molar-refractivity contribution in [1.82, 2.24) is 4.98 Å². The fourth-order valence-corrected chi connectivity index (χ4v) is 3.59. The second-order valence-corrected chi connectivity index (χ2v) is 8.06. The average Bonchev–Trinajstić information content (AvgIpc) is 2.73. The third-order valence-electron chi connectivity index (χ3n) is 2.20. The molecule has 0 saturated heterocycles. The Morgan fingerprint density at radius 1 is 1.45 bits per heavy atom. The summed E-state index contributed by atoms with van der Waals surface area (Å²) in [4.78, 5) is 3.90. The van der Waals surface area contributed by atoms with E-state index in [1.54, 1.807) is 24.3 Å². The number of rotatable bonds is 6. The van der Waals surface area contributed by atoms with Crippen molar-refractivity contribution in [3.8, 4) is 5.75 Å². The van der Waals surface area contributed by atoms with Crippen LogP contribution < -0.4 is 15.2 Å². The van der Waals surface area contributed by atoms with Crippen LogP contribution in [-0.2, 0) is 10.0 Å². The number of thiazole rings is 1. The summed E-state index contributed by atoms with van der Waals surface area (Å²) >= 11 is 4.42. The van der Waals surface area contributed by atoms with E-state index >= 15 is 0 Å². The Bertz CT molecular complexity index is 688. The van der Waals surface area contributed by atoms with E-state index in [-0.39, 0.29) is 12.4 Å². The van der Waals surface area contributed by atoms with Crippen molar-refractivity contribution in [3.05, 3.63) is 34.2 Å². The van der Waals surface area contributed by atoms with Gasteiger partial charge in [-0.3, -0.25) is 4.72 Å². The lowest BCUT2D eigenvalue weighted by Gasteiger charge is -2.08. The number of hydrogen-bond donors (Lipinski definition) is 2. The van der Waals surface area contributed by atoms with E-state index in [4.69, 9.17) is 10.5 Å². The van der Waals surface area contributed by atoms with Gasteiger partial charge in [0.05, 0.1) is 9.98 Å². The molecule has 0 aliphatic heterocycles. The molecular formula is C11H12BrN3O3S2. The lowest BCUT2D eigenvalue weighted by Crippen LogP contribution is -2.21. The SMILES string of the molecule is Nc1cccc(OCCS(=O)(=O)Nc2ncc(Br)s2)c1. The van der Waals surface area contributed by atoms with Crippen molar-refractivity contribution >= 4 is 48.1 Å². The summed E-state index contributed by atoms with van der Waals surface area (Å²) < 4.78 is 32.1. The maximum absolute atomic E-state index is 11.8. The van der Waals surface area contributed by atoms with Crippen LogP contribution in [0.3, 0.4) is 0 Å². The number of halogens is 1. The topological polar surface area (TPSA) is 94.3 Å². The van der Waals surface area contributed by atoms with Gasteiger partial charge in [0.2, 0.25) is 10.0 Å². The first kappa shape index (κ1) is 15.1. The molecule has 20 heavy (non-hydrogen) atoms. The molecule has 0 bridgehead atoms. The van der Waals surface area contributed by atoms with Gasteiger partial charge in [-0.2, -0.15) is 0 Å². The molecule has 1 heterocycles. The lowest BCUT2D eigenvalue weighted by atomic mass is 10.3. The van der Waals surface area contributed by atoms with Crippen LogP contribution in [0.15, 0.2) is 34.2 Å². The second-order valence-electron chi connectivity index (χ2n) is 3.81. The number of aromatic nitrogens is 1. The maximum Gasteiger partial charge on any atom is 0.237 e. The van der Waals surface area contributed by atoms with E-state index in [0.717, 1.165) is 3.79 Å². The van der Waals surface area contributed by atoms with Crippen LogP contribution in [0.25, 0.3) is 0 Å². The maximum atomic E-state index is 11.8. The van der Waals surface area contributed by atoms with Gasteiger partial charge in [-0.25, -0.2) is 13.4 Å². The monoisotopic (exact) mass is 377 g/mol. The zero-order valence-electron chi connectivity index (χ0n) is 10.2.